The van der Waals surface area contributed by atoms with Gasteiger partial charge in [-0.3, -0.25) is 14.5 Å². The van der Waals surface area contributed by atoms with Crippen molar-refractivity contribution in [2.45, 2.75) is 19.9 Å². The Balaban J connectivity index is 1.50. The van der Waals surface area contributed by atoms with Crippen LogP contribution in [0.1, 0.15) is 17.4 Å². The van der Waals surface area contributed by atoms with Gasteiger partial charge >= 0.3 is 0 Å². The number of carbonyl (C=O) groups excluding carboxylic acids is 2. The van der Waals surface area contributed by atoms with E-state index in [1.54, 1.807) is 6.92 Å². The lowest BCUT2D eigenvalue weighted by Gasteiger charge is -2.36. The minimum Gasteiger partial charge on any atom is -0.339 e. The zero-order valence-corrected chi connectivity index (χ0v) is 13.2. The quantitative estimate of drug-likeness (QED) is 0.812. The number of thiophene rings is 1. The predicted molar refractivity (Wildman–Crippen MR) is 82.1 cm³/mol. The maximum absolute atomic E-state index is 12.4. The molecule has 1 aromatic heterocycles. The normalized spacial score (nSPS) is 19.5. The Bertz CT molecular complexity index is 535. The summed E-state index contributed by atoms with van der Waals surface area (Å²) in [5.41, 5.74) is 1.38. The Labute approximate surface area is 129 Å². The maximum atomic E-state index is 12.4. The van der Waals surface area contributed by atoms with Gasteiger partial charge in [-0.2, -0.15) is 0 Å². The van der Waals surface area contributed by atoms with E-state index in [1.165, 1.54) is 10.4 Å². The fraction of sp³-hybridized carbons (Fsp3) is 0.600. The molecule has 1 saturated heterocycles. The Kier molecular flexibility index (Phi) is 4.26. The molecule has 2 aliphatic heterocycles. The molecule has 0 atom stereocenters. The van der Waals surface area contributed by atoms with Gasteiger partial charge in [0.15, 0.2) is 0 Å². The summed E-state index contributed by atoms with van der Waals surface area (Å²) in [6.45, 7) is 6.58. The maximum Gasteiger partial charge on any atom is 0.236 e. The molecule has 2 aliphatic rings. The number of nitrogens with zero attached hydrogens (tertiary/aromatic N) is 3. The molecule has 1 aromatic rings. The highest BCUT2D eigenvalue weighted by Crippen LogP contribution is 2.23. The van der Waals surface area contributed by atoms with Crippen molar-refractivity contribution in [2.75, 3.05) is 39.3 Å². The number of carbonyl (C=O) groups is 2. The summed E-state index contributed by atoms with van der Waals surface area (Å²) in [6, 6.07) is 2.17. The summed E-state index contributed by atoms with van der Waals surface area (Å²) in [4.78, 5) is 31.1. The van der Waals surface area contributed by atoms with Gasteiger partial charge in [0, 0.05) is 51.1 Å². The molecule has 0 bridgehead atoms. The number of amides is 2. The fourth-order valence-corrected chi connectivity index (χ4v) is 3.89. The third kappa shape index (κ3) is 3.27. The van der Waals surface area contributed by atoms with Crippen molar-refractivity contribution in [3.8, 4) is 0 Å². The zero-order valence-electron chi connectivity index (χ0n) is 12.4. The lowest BCUT2D eigenvalue weighted by molar-refractivity contribution is -0.139. The van der Waals surface area contributed by atoms with Crippen LogP contribution in [0.5, 0.6) is 0 Å². The molecular formula is C15H21N3O2S. The summed E-state index contributed by atoms with van der Waals surface area (Å²) in [5.74, 6) is 0.292. The molecule has 0 aromatic carbocycles. The van der Waals surface area contributed by atoms with E-state index in [0.717, 1.165) is 19.5 Å². The van der Waals surface area contributed by atoms with Crippen molar-refractivity contribution in [1.82, 2.24) is 14.7 Å². The standard InChI is InChI=1S/C15H21N3O2S/c1-12(19)17-5-7-18(8-6-17)15(20)11-16-4-2-14-13(10-16)3-9-21-14/h3,9H,2,4-8,10-11H2,1H3. The topological polar surface area (TPSA) is 43.9 Å². The van der Waals surface area contributed by atoms with Crippen LogP contribution < -0.4 is 0 Å². The summed E-state index contributed by atoms with van der Waals surface area (Å²) in [7, 11) is 0. The number of rotatable bonds is 2. The van der Waals surface area contributed by atoms with Crippen LogP contribution >= 0.6 is 11.3 Å². The van der Waals surface area contributed by atoms with Crippen molar-refractivity contribution in [3.05, 3.63) is 21.9 Å². The Hall–Kier alpha value is -1.40. The van der Waals surface area contributed by atoms with Crippen molar-refractivity contribution >= 4 is 23.2 Å². The van der Waals surface area contributed by atoms with Crippen molar-refractivity contribution < 1.29 is 9.59 Å². The fourth-order valence-electron chi connectivity index (χ4n) is 3.00. The molecule has 0 N–H and O–H groups in total. The summed E-state index contributed by atoms with van der Waals surface area (Å²) >= 11 is 1.82. The molecular weight excluding hydrogens is 286 g/mol. The van der Waals surface area contributed by atoms with E-state index in [2.05, 4.69) is 16.3 Å². The first-order chi connectivity index (χ1) is 10.1. The Morgan fingerprint density at radius 3 is 2.57 bits per heavy atom. The van der Waals surface area contributed by atoms with Gasteiger partial charge in [0.1, 0.15) is 0 Å². The Morgan fingerprint density at radius 2 is 1.86 bits per heavy atom. The van der Waals surface area contributed by atoms with Crippen LogP contribution in [0.25, 0.3) is 0 Å². The molecule has 114 valence electrons. The number of piperazine rings is 1. The summed E-state index contributed by atoms with van der Waals surface area (Å²) in [5, 5.41) is 2.14. The van der Waals surface area contributed by atoms with E-state index in [0.29, 0.717) is 32.7 Å². The highest BCUT2D eigenvalue weighted by Gasteiger charge is 2.25. The van der Waals surface area contributed by atoms with E-state index in [4.69, 9.17) is 0 Å². The van der Waals surface area contributed by atoms with Crippen LogP contribution in [0.15, 0.2) is 11.4 Å². The van der Waals surface area contributed by atoms with Crippen molar-refractivity contribution in [3.63, 3.8) is 0 Å². The van der Waals surface area contributed by atoms with E-state index < -0.39 is 0 Å². The number of hydrogen-bond acceptors (Lipinski definition) is 4. The third-order valence-electron chi connectivity index (χ3n) is 4.32. The van der Waals surface area contributed by atoms with Gasteiger partial charge in [-0.05, 0) is 23.4 Å². The molecule has 5 nitrogen and oxygen atoms in total. The van der Waals surface area contributed by atoms with Crippen LogP contribution in [0.3, 0.4) is 0 Å². The highest BCUT2D eigenvalue weighted by molar-refractivity contribution is 7.10. The van der Waals surface area contributed by atoms with Gasteiger partial charge in [-0.15, -0.1) is 11.3 Å². The average Bonchev–Trinajstić information content (AvgIpc) is 2.95. The number of hydrogen-bond donors (Lipinski definition) is 0. The molecule has 0 unspecified atom stereocenters. The second-order valence-electron chi connectivity index (χ2n) is 5.72. The SMILES string of the molecule is CC(=O)N1CCN(C(=O)CN2CCc3sccc3C2)CC1. The van der Waals surface area contributed by atoms with Crippen LogP contribution in [0.4, 0.5) is 0 Å². The molecule has 6 heteroatoms. The smallest absolute Gasteiger partial charge is 0.236 e. The highest BCUT2D eigenvalue weighted by atomic mass is 32.1. The van der Waals surface area contributed by atoms with E-state index in [1.807, 2.05) is 21.1 Å². The van der Waals surface area contributed by atoms with Gasteiger partial charge in [0.2, 0.25) is 11.8 Å². The number of fused-ring (bicyclic) bond motifs is 1. The third-order valence-corrected chi connectivity index (χ3v) is 5.35. The van der Waals surface area contributed by atoms with Crippen molar-refractivity contribution in [2.24, 2.45) is 0 Å². The first-order valence-corrected chi connectivity index (χ1v) is 8.32. The average molecular weight is 307 g/mol. The lowest BCUT2D eigenvalue weighted by Crippen LogP contribution is -2.52. The second-order valence-corrected chi connectivity index (χ2v) is 6.72. The van der Waals surface area contributed by atoms with Gasteiger partial charge in [-0.25, -0.2) is 0 Å². The monoisotopic (exact) mass is 307 g/mol. The van der Waals surface area contributed by atoms with Crippen molar-refractivity contribution in [1.29, 1.82) is 0 Å². The molecule has 3 rings (SSSR count). The molecule has 0 aliphatic carbocycles. The van der Waals surface area contributed by atoms with Crippen LogP contribution in [-0.4, -0.2) is 65.8 Å². The van der Waals surface area contributed by atoms with Gasteiger partial charge < -0.3 is 9.80 Å². The molecule has 0 spiro atoms. The molecule has 0 radical (unpaired) electrons. The molecule has 21 heavy (non-hydrogen) atoms. The molecule has 3 heterocycles. The predicted octanol–water partition coefficient (Wildman–Crippen LogP) is 0.797. The second kappa shape index (κ2) is 6.15. The molecule has 2 amide bonds. The Morgan fingerprint density at radius 1 is 1.14 bits per heavy atom. The largest absolute Gasteiger partial charge is 0.339 e. The summed E-state index contributed by atoms with van der Waals surface area (Å²) < 4.78 is 0. The minimum atomic E-state index is 0.100. The van der Waals surface area contributed by atoms with Crippen LogP contribution in [0, 0.1) is 0 Å². The van der Waals surface area contributed by atoms with Gasteiger partial charge in [0.05, 0.1) is 6.54 Å². The van der Waals surface area contributed by atoms with E-state index in [-0.39, 0.29) is 11.8 Å². The summed E-state index contributed by atoms with van der Waals surface area (Å²) in [6.07, 6.45) is 1.05. The first-order valence-electron chi connectivity index (χ1n) is 7.44. The minimum absolute atomic E-state index is 0.100. The van der Waals surface area contributed by atoms with Gasteiger partial charge in [-0.1, -0.05) is 0 Å². The van der Waals surface area contributed by atoms with Gasteiger partial charge in [0.25, 0.3) is 0 Å². The van der Waals surface area contributed by atoms with E-state index in [9.17, 15) is 9.59 Å². The lowest BCUT2D eigenvalue weighted by atomic mass is 10.1. The van der Waals surface area contributed by atoms with Crippen LogP contribution in [0.2, 0.25) is 0 Å². The van der Waals surface area contributed by atoms with Crippen LogP contribution in [-0.2, 0) is 22.6 Å². The molecule has 0 saturated carbocycles. The first kappa shape index (κ1) is 14.5. The zero-order chi connectivity index (χ0) is 14.8. The molecule has 1 fully saturated rings. The van der Waals surface area contributed by atoms with E-state index >= 15 is 0 Å².